The molecule has 0 radical (unpaired) electrons. The lowest BCUT2D eigenvalue weighted by Gasteiger charge is -2.17. The Balaban J connectivity index is 1.58. The minimum atomic E-state index is 0.0880. The molecular weight excluding hydrogens is 386 g/mol. The van der Waals surface area contributed by atoms with Crippen LogP contribution in [0.2, 0.25) is 0 Å². The molecule has 3 aromatic rings. The Labute approximate surface area is 184 Å². The zero-order chi connectivity index (χ0) is 22.0. The third-order valence-electron chi connectivity index (χ3n) is 5.98. The highest BCUT2D eigenvalue weighted by atomic mass is 16.5. The van der Waals surface area contributed by atoms with Crippen LogP contribution in [0.3, 0.4) is 0 Å². The van der Waals surface area contributed by atoms with Crippen LogP contribution in [0.5, 0.6) is 5.75 Å². The molecule has 1 amide bonds. The van der Waals surface area contributed by atoms with Crippen LogP contribution in [0.1, 0.15) is 49.1 Å². The Morgan fingerprint density at radius 2 is 2.06 bits per heavy atom. The zero-order valence-corrected chi connectivity index (χ0v) is 18.7. The highest BCUT2D eigenvalue weighted by Crippen LogP contribution is 2.31. The number of aromatic nitrogens is 2. The Kier molecular flexibility index (Phi) is 6.12. The Morgan fingerprint density at radius 1 is 1.26 bits per heavy atom. The fourth-order valence-corrected chi connectivity index (χ4v) is 4.41. The molecule has 1 aliphatic heterocycles. The second-order valence-corrected chi connectivity index (χ2v) is 8.64. The number of rotatable bonds is 8. The predicted octanol–water partition coefficient (Wildman–Crippen LogP) is 5.05. The lowest BCUT2D eigenvalue weighted by Crippen LogP contribution is -2.25. The summed E-state index contributed by atoms with van der Waals surface area (Å²) in [6.45, 7) is 12.7. The molecule has 1 fully saturated rings. The summed E-state index contributed by atoms with van der Waals surface area (Å²) in [5.74, 6) is 2.58. The van der Waals surface area contributed by atoms with E-state index in [1.165, 1.54) is 11.1 Å². The van der Waals surface area contributed by atoms with Gasteiger partial charge < -0.3 is 14.2 Å². The number of carbonyl (C=O) groups is 1. The van der Waals surface area contributed by atoms with Crippen LogP contribution in [0.4, 0.5) is 0 Å². The number of hydrogen-bond acceptors (Lipinski definition) is 3. The summed E-state index contributed by atoms with van der Waals surface area (Å²) in [4.78, 5) is 19.2. The van der Waals surface area contributed by atoms with Crippen LogP contribution in [0.25, 0.3) is 11.0 Å². The standard InChI is InChI=1S/C26H31N3O2/c1-5-12-28-17-20(16-25(28)30)26-27-22-8-6-7-9-23(22)29(26)13-14-31-24-15-19(4)10-11-21(24)18(2)3/h5-11,15,18,20H,1,12-14,16-17H2,2-4H3/t20-/m1/s1. The molecule has 0 spiro atoms. The Morgan fingerprint density at radius 3 is 2.84 bits per heavy atom. The van der Waals surface area contributed by atoms with Gasteiger partial charge in [0.2, 0.25) is 5.91 Å². The van der Waals surface area contributed by atoms with Crippen LogP contribution < -0.4 is 4.74 Å². The van der Waals surface area contributed by atoms with Gasteiger partial charge in [-0.15, -0.1) is 6.58 Å². The third-order valence-corrected chi connectivity index (χ3v) is 5.98. The molecule has 31 heavy (non-hydrogen) atoms. The number of imidazole rings is 1. The van der Waals surface area contributed by atoms with Crippen molar-refractivity contribution in [3.05, 3.63) is 72.1 Å². The van der Waals surface area contributed by atoms with Crippen molar-refractivity contribution >= 4 is 16.9 Å². The molecule has 0 aliphatic carbocycles. The number of ether oxygens (including phenoxy) is 1. The first-order chi connectivity index (χ1) is 15.0. The maximum absolute atomic E-state index is 12.4. The van der Waals surface area contributed by atoms with E-state index in [0.29, 0.717) is 38.6 Å². The molecule has 162 valence electrons. The van der Waals surface area contributed by atoms with Crippen molar-refractivity contribution in [1.82, 2.24) is 14.5 Å². The molecule has 5 heteroatoms. The number of amides is 1. The second-order valence-electron chi connectivity index (χ2n) is 8.64. The first-order valence-electron chi connectivity index (χ1n) is 11.0. The molecule has 0 saturated carbocycles. The molecule has 0 unspecified atom stereocenters. The van der Waals surface area contributed by atoms with Gasteiger partial charge in [-0.05, 0) is 42.2 Å². The number of likely N-dealkylation sites (tertiary alicyclic amines) is 1. The van der Waals surface area contributed by atoms with Crippen molar-refractivity contribution in [2.24, 2.45) is 0 Å². The number of hydrogen-bond donors (Lipinski definition) is 0. The lowest BCUT2D eigenvalue weighted by atomic mass is 10.0. The summed E-state index contributed by atoms with van der Waals surface area (Å²) in [6.07, 6.45) is 2.28. The van der Waals surface area contributed by atoms with Gasteiger partial charge in [-0.1, -0.05) is 44.2 Å². The summed E-state index contributed by atoms with van der Waals surface area (Å²) in [7, 11) is 0. The maximum atomic E-state index is 12.4. The molecule has 2 aromatic carbocycles. The third kappa shape index (κ3) is 4.36. The Bertz CT molecular complexity index is 1100. The normalized spacial score (nSPS) is 16.5. The molecule has 1 aromatic heterocycles. The maximum Gasteiger partial charge on any atom is 0.223 e. The molecular formula is C26H31N3O2. The highest BCUT2D eigenvalue weighted by molar-refractivity contribution is 5.81. The molecule has 0 bridgehead atoms. The van der Waals surface area contributed by atoms with Crippen molar-refractivity contribution in [3.8, 4) is 5.75 Å². The topological polar surface area (TPSA) is 47.4 Å². The average molecular weight is 418 g/mol. The van der Waals surface area contributed by atoms with E-state index in [-0.39, 0.29) is 11.8 Å². The van der Waals surface area contributed by atoms with E-state index in [0.717, 1.165) is 22.6 Å². The molecule has 1 atom stereocenters. The zero-order valence-electron chi connectivity index (χ0n) is 18.7. The molecule has 5 nitrogen and oxygen atoms in total. The van der Waals surface area contributed by atoms with Gasteiger partial charge in [0.25, 0.3) is 0 Å². The SMILES string of the molecule is C=CCN1C[C@H](c2nc3ccccc3n2CCOc2cc(C)ccc2C(C)C)CC1=O. The number of benzene rings is 2. The van der Waals surface area contributed by atoms with Gasteiger partial charge in [0, 0.05) is 25.4 Å². The average Bonchev–Trinajstić information content (AvgIpc) is 3.29. The fraction of sp³-hybridized carbons (Fsp3) is 0.385. The van der Waals surface area contributed by atoms with Gasteiger partial charge >= 0.3 is 0 Å². The van der Waals surface area contributed by atoms with Gasteiger partial charge in [-0.3, -0.25) is 4.79 Å². The number of carbonyl (C=O) groups excluding carboxylic acids is 1. The van der Waals surface area contributed by atoms with Crippen molar-refractivity contribution < 1.29 is 9.53 Å². The summed E-state index contributed by atoms with van der Waals surface area (Å²) in [5.41, 5.74) is 4.47. The van der Waals surface area contributed by atoms with Crippen molar-refractivity contribution in [2.75, 3.05) is 19.7 Å². The second kappa shape index (κ2) is 8.96. The van der Waals surface area contributed by atoms with Crippen LogP contribution in [0, 0.1) is 6.92 Å². The minimum Gasteiger partial charge on any atom is -0.491 e. The smallest absolute Gasteiger partial charge is 0.223 e. The van der Waals surface area contributed by atoms with E-state index in [1.807, 2.05) is 23.1 Å². The highest BCUT2D eigenvalue weighted by Gasteiger charge is 2.33. The van der Waals surface area contributed by atoms with Crippen molar-refractivity contribution in [3.63, 3.8) is 0 Å². The summed E-state index contributed by atoms with van der Waals surface area (Å²) >= 11 is 0. The molecule has 4 rings (SSSR count). The van der Waals surface area contributed by atoms with Gasteiger partial charge in [-0.25, -0.2) is 4.98 Å². The van der Waals surface area contributed by atoms with E-state index in [9.17, 15) is 4.79 Å². The monoisotopic (exact) mass is 417 g/mol. The largest absolute Gasteiger partial charge is 0.491 e. The lowest BCUT2D eigenvalue weighted by molar-refractivity contribution is -0.127. The van der Waals surface area contributed by atoms with Crippen LogP contribution in [0.15, 0.2) is 55.1 Å². The van der Waals surface area contributed by atoms with Gasteiger partial charge in [0.05, 0.1) is 17.6 Å². The van der Waals surface area contributed by atoms with Gasteiger partial charge in [0.1, 0.15) is 18.2 Å². The molecule has 0 N–H and O–H groups in total. The van der Waals surface area contributed by atoms with E-state index in [2.05, 4.69) is 56.2 Å². The summed E-state index contributed by atoms with van der Waals surface area (Å²) < 4.78 is 8.49. The Hall–Kier alpha value is -3.08. The number of para-hydroxylation sites is 2. The van der Waals surface area contributed by atoms with Gasteiger partial charge in [0.15, 0.2) is 0 Å². The van der Waals surface area contributed by atoms with Crippen LogP contribution in [-0.4, -0.2) is 40.1 Å². The predicted molar refractivity (Wildman–Crippen MR) is 125 cm³/mol. The van der Waals surface area contributed by atoms with Crippen LogP contribution >= 0.6 is 0 Å². The van der Waals surface area contributed by atoms with Crippen molar-refractivity contribution in [1.29, 1.82) is 0 Å². The van der Waals surface area contributed by atoms with Crippen LogP contribution in [-0.2, 0) is 11.3 Å². The fourth-order valence-electron chi connectivity index (χ4n) is 4.41. The number of aryl methyl sites for hydroxylation is 1. The van der Waals surface area contributed by atoms with E-state index >= 15 is 0 Å². The molecule has 1 aliphatic rings. The van der Waals surface area contributed by atoms with Crippen molar-refractivity contribution in [2.45, 2.75) is 45.6 Å². The van der Waals surface area contributed by atoms with E-state index in [1.54, 1.807) is 6.08 Å². The summed E-state index contributed by atoms with van der Waals surface area (Å²) in [5, 5.41) is 0. The first-order valence-corrected chi connectivity index (χ1v) is 11.0. The van der Waals surface area contributed by atoms with Gasteiger partial charge in [-0.2, -0.15) is 0 Å². The molecule has 1 saturated heterocycles. The quantitative estimate of drug-likeness (QED) is 0.482. The first kappa shape index (κ1) is 21.2. The number of fused-ring (bicyclic) bond motifs is 1. The van der Waals surface area contributed by atoms with E-state index < -0.39 is 0 Å². The summed E-state index contributed by atoms with van der Waals surface area (Å²) in [6, 6.07) is 14.6. The van der Waals surface area contributed by atoms with E-state index in [4.69, 9.17) is 9.72 Å². The minimum absolute atomic E-state index is 0.0880. The molecule has 2 heterocycles. The number of nitrogens with zero attached hydrogens (tertiary/aromatic N) is 3.